The molecule has 0 unspecified atom stereocenters. The van der Waals surface area contributed by atoms with Crippen LogP contribution in [0.3, 0.4) is 0 Å². The van der Waals surface area contributed by atoms with E-state index >= 15 is 0 Å². The van der Waals surface area contributed by atoms with Crippen LogP contribution in [0, 0.1) is 0 Å². The first-order valence-electron chi connectivity index (χ1n) is 5.39. The van der Waals surface area contributed by atoms with Crippen molar-refractivity contribution in [1.82, 2.24) is 9.78 Å². The van der Waals surface area contributed by atoms with Gasteiger partial charge in [0, 0.05) is 16.6 Å². The number of rotatable bonds is 4. The van der Waals surface area contributed by atoms with E-state index < -0.39 is 6.43 Å². The van der Waals surface area contributed by atoms with E-state index in [0.29, 0.717) is 12.1 Å². The molecule has 0 aliphatic carbocycles. The number of nitrogens with zero attached hydrogens (tertiary/aromatic N) is 2. The lowest BCUT2D eigenvalue weighted by Gasteiger charge is -2.09. The molecule has 18 heavy (non-hydrogen) atoms. The Hall–Kier alpha value is -1.27. The molecular formula is C12H12BrF2N3. The minimum atomic E-state index is -2.58. The molecule has 6 heteroatoms. The number of halogens is 3. The van der Waals surface area contributed by atoms with Crippen LogP contribution >= 0.6 is 15.9 Å². The quantitative estimate of drug-likeness (QED) is 0.942. The maximum atomic E-state index is 13.0. The van der Waals surface area contributed by atoms with E-state index in [1.54, 1.807) is 0 Å². The third-order valence-electron chi connectivity index (χ3n) is 2.66. The Balaban J connectivity index is 2.35. The monoisotopic (exact) mass is 315 g/mol. The van der Waals surface area contributed by atoms with Gasteiger partial charge < -0.3 is 5.73 Å². The van der Waals surface area contributed by atoms with Crippen LogP contribution in [0.2, 0.25) is 0 Å². The average Bonchev–Trinajstić information content (AvgIpc) is 2.75. The zero-order valence-corrected chi connectivity index (χ0v) is 11.1. The highest BCUT2D eigenvalue weighted by atomic mass is 79.9. The molecule has 2 N–H and O–H groups in total. The first-order valence-corrected chi connectivity index (χ1v) is 6.19. The summed E-state index contributed by atoms with van der Waals surface area (Å²) in [5.74, 6) is 0. The molecule has 0 fully saturated rings. The molecule has 0 aliphatic rings. The number of hydrogen-bond acceptors (Lipinski definition) is 2. The summed E-state index contributed by atoms with van der Waals surface area (Å²) < 4.78 is 28.1. The summed E-state index contributed by atoms with van der Waals surface area (Å²) in [6.07, 6.45) is -1.17. The van der Waals surface area contributed by atoms with E-state index in [1.165, 1.54) is 10.9 Å². The number of aromatic nitrogens is 2. The average molecular weight is 316 g/mol. The lowest BCUT2D eigenvalue weighted by Crippen LogP contribution is -2.09. The predicted molar refractivity (Wildman–Crippen MR) is 68.3 cm³/mol. The first kappa shape index (κ1) is 13.2. The van der Waals surface area contributed by atoms with Crippen molar-refractivity contribution in [2.75, 3.05) is 0 Å². The molecule has 0 saturated heterocycles. The van der Waals surface area contributed by atoms with Gasteiger partial charge >= 0.3 is 0 Å². The zero-order chi connectivity index (χ0) is 13.1. The Morgan fingerprint density at radius 1 is 1.28 bits per heavy atom. The lowest BCUT2D eigenvalue weighted by atomic mass is 10.2. The van der Waals surface area contributed by atoms with Crippen molar-refractivity contribution in [3.8, 4) is 0 Å². The van der Waals surface area contributed by atoms with Gasteiger partial charge in [0.2, 0.25) is 0 Å². The third-order valence-corrected chi connectivity index (χ3v) is 3.44. The zero-order valence-electron chi connectivity index (χ0n) is 9.48. The van der Waals surface area contributed by atoms with Gasteiger partial charge in [0.05, 0.1) is 12.7 Å². The maximum Gasteiger partial charge on any atom is 0.280 e. The van der Waals surface area contributed by atoms with Gasteiger partial charge in [-0.25, -0.2) is 8.78 Å². The fraction of sp³-hybridized carbons (Fsp3) is 0.250. The third kappa shape index (κ3) is 2.59. The largest absolute Gasteiger partial charge is 0.326 e. The summed E-state index contributed by atoms with van der Waals surface area (Å²) in [6, 6.07) is 7.46. The summed E-state index contributed by atoms with van der Waals surface area (Å²) >= 11 is 3.39. The fourth-order valence-electron chi connectivity index (χ4n) is 1.76. The molecule has 0 aliphatic heterocycles. The van der Waals surface area contributed by atoms with Gasteiger partial charge in [0.25, 0.3) is 6.43 Å². The van der Waals surface area contributed by atoms with E-state index in [0.717, 1.165) is 10.0 Å². The molecule has 0 amide bonds. The fourth-order valence-corrected chi connectivity index (χ4v) is 2.17. The van der Waals surface area contributed by atoms with Gasteiger partial charge in [-0.2, -0.15) is 5.10 Å². The van der Waals surface area contributed by atoms with Gasteiger partial charge in [-0.05, 0) is 11.6 Å². The summed E-state index contributed by atoms with van der Waals surface area (Å²) in [5.41, 5.74) is 6.61. The van der Waals surface area contributed by atoms with Gasteiger partial charge in [0.15, 0.2) is 0 Å². The van der Waals surface area contributed by atoms with Crippen molar-refractivity contribution in [1.29, 1.82) is 0 Å². The van der Waals surface area contributed by atoms with Crippen LogP contribution in [0.5, 0.6) is 0 Å². The van der Waals surface area contributed by atoms with E-state index in [-0.39, 0.29) is 12.2 Å². The molecule has 96 valence electrons. The molecule has 0 saturated carbocycles. The molecule has 1 aromatic carbocycles. The number of alkyl halides is 2. The second-order valence-electron chi connectivity index (χ2n) is 3.81. The molecule has 2 rings (SSSR count). The Morgan fingerprint density at radius 3 is 2.61 bits per heavy atom. The van der Waals surface area contributed by atoms with Crippen LogP contribution in [0.4, 0.5) is 8.78 Å². The predicted octanol–water partition coefficient (Wildman–Crippen LogP) is 3.09. The molecule has 0 radical (unpaired) electrons. The van der Waals surface area contributed by atoms with Crippen molar-refractivity contribution >= 4 is 15.9 Å². The van der Waals surface area contributed by atoms with Crippen LogP contribution in [0.1, 0.15) is 23.2 Å². The summed E-state index contributed by atoms with van der Waals surface area (Å²) in [6.45, 7) is 0.358. The van der Waals surface area contributed by atoms with E-state index in [4.69, 9.17) is 5.73 Å². The Labute approximate surface area is 112 Å². The summed E-state index contributed by atoms with van der Waals surface area (Å²) in [7, 11) is 0. The van der Waals surface area contributed by atoms with Crippen molar-refractivity contribution in [2.24, 2.45) is 5.73 Å². The Bertz CT molecular complexity index is 540. The lowest BCUT2D eigenvalue weighted by molar-refractivity contribution is 0.138. The summed E-state index contributed by atoms with van der Waals surface area (Å²) in [4.78, 5) is 0. The highest BCUT2D eigenvalue weighted by Gasteiger charge is 2.19. The first-order chi connectivity index (χ1) is 8.63. The second kappa shape index (κ2) is 5.58. The molecule has 0 atom stereocenters. The molecular weight excluding hydrogens is 304 g/mol. The van der Waals surface area contributed by atoms with E-state index in [9.17, 15) is 8.78 Å². The minimum absolute atomic E-state index is 0.0651. The molecule has 0 bridgehead atoms. The van der Waals surface area contributed by atoms with Crippen LogP contribution in [-0.4, -0.2) is 9.78 Å². The highest BCUT2D eigenvalue weighted by molar-refractivity contribution is 9.10. The maximum absolute atomic E-state index is 13.0. The molecule has 2 aromatic rings. The Kier molecular flexibility index (Phi) is 4.08. The van der Waals surface area contributed by atoms with Crippen molar-refractivity contribution in [3.63, 3.8) is 0 Å². The molecule has 3 nitrogen and oxygen atoms in total. The van der Waals surface area contributed by atoms with Crippen LogP contribution in [0.25, 0.3) is 0 Å². The van der Waals surface area contributed by atoms with E-state index in [2.05, 4.69) is 21.0 Å². The van der Waals surface area contributed by atoms with Gasteiger partial charge in [-0.15, -0.1) is 0 Å². The SMILES string of the molecule is NCc1cnn(Cc2ccccc2Br)c1C(F)F. The van der Waals surface area contributed by atoms with Crippen LogP contribution < -0.4 is 5.73 Å². The minimum Gasteiger partial charge on any atom is -0.326 e. The Morgan fingerprint density at radius 2 is 2.00 bits per heavy atom. The van der Waals surface area contributed by atoms with Crippen LogP contribution in [-0.2, 0) is 13.1 Å². The molecule has 1 aromatic heterocycles. The normalized spacial score (nSPS) is 11.2. The topological polar surface area (TPSA) is 43.8 Å². The number of benzene rings is 1. The van der Waals surface area contributed by atoms with Gasteiger partial charge in [-0.3, -0.25) is 4.68 Å². The number of nitrogens with two attached hydrogens (primary N) is 1. The smallest absolute Gasteiger partial charge is 0.280 e. The van der Waals surface area contributed by atoms with Crippen molar-refractivity contribution < 1.29 is 8.78 Å². The molecule has 0 spiro atoms. The van der Waals surface area contributed by atoms with Gasteiger partial charge in [-0.1, -0.05) is 34.1 Å². The highest BCUT2D eigenvalue weighted by Crippen LogP contribution is 2.25. The second-order valence-corrected chi connectivity index (χ2v) is 4.66. The number of hydrogen-bond donors (Lipinski definition) is 1. The van der Waals surface area contributed by atoms with Crippen molar-refractivity contribution in [3.05, 3.63) is 51.8 Å². The van der Waals surface area contributed by atoms with Gasteiger partial charge in [0.1, 0.15) is 5.69 Å². The molecule has 1 heterocycles. The van der Waals surface area contributed by atoms with E-state index in [1.807, 2.05) is 24.3 Å². The summed E-state index contributed by atoms with van der Waals surface area (Å²) in [5, 5.41) is 3.98. The standard InChI is InChI=1S/C12H12BrF2N3/c13-10-4-2-1-3-8(10)7-18-11(12(14)15)9(5-16)6-17-18/h1-4,6,12H,5,7,16H2. The van der Waals surface area contributed by atoms with Crippen LogP contribution in [0.15, 0.2) is 34.9 Å². The van der Waals surface area contributed by atoms with Crippen molar-refractivity contribution in [2.45, 2.75) is 19.5 Å².